The normalized spacial score (nSPS) is 11.9. The Hall–Kier alpha value is -2.34. The van der Waals surface area contributed by atoms with Crippen LogP contribution in [-0.4, -0.2) is 33.7 Å². The third kappa shape index (κ3) is 7.20. The van der Waals surface area contributed by atoms with Crippen LogP contribution in [0.15, 0.2) is 48.5 Å². The number of hydrogen-bond acceptors (Lipinski definition) is 3. The first-order chi connectivity index (χ1) is 13.5. The van der Waals surface area contributed by atoms with Crippen LogP contribution in [0.1, 0.15) is 43.9 Å². The van der Waals surface area contributed by atoms with Gasteiger partial charge in [0.25, 0.3) is 0 Å². The van der Waals surface area contributed by atoms with Crippen LogP contribution in [0.5, 0.6) is 0 Å². The fraction of sp³-hybridized carbons (Fsp3) is 0.435. The highest BCUT2D eigenvalue weighted by Gasteiger charge is 2.21. The van der Waals surface area contributed by atoms with Gasteiger partial charge in [-0.05, 0) is 48.4 Å². The van der Waals surface area contributed by atoms with E-state index in [1.165, 1.54) is 11.1 Å². The molecule has 0 heterocycles. The van der Waals surface area contributed by atoms with Gasteiger partial charge in [0.1, 0.15) is 6.54 Å². The molecule has 0 fully saturated rings. The Morgan fingerprint density at radius 3 is 2.10 bits per heavy atom. The molecule has 2 aromatic carbocycles. The largest absolute Gasteiger partial charge is 0.355 e. The lowest BCUT2D eigenvalue weighted by molar-refractivity contribution is -0.119. The van der Waals surface area contributed by atoms with E-state index in [9.17, 15) is 13.2 Å². The van der Waals surface area contributed by atoms with Crippen LogP contribution in [0.2, 0.25) is 0 Å². The molecule has 6 heteroatoms. The number of rotatable bonds is 8. The van der Waals surface area contributed by atoms with Gasteiger partial charge in [-0.25, -0.2) is 8.42 Å². The predicted molar refractivity (Wildman–Crippen MR) is 120 cm³/mol. The molecule has 0 bridgehead atoms. The number of sulfonamides is 1. The zero-order valence-corrected chi connectivity index (χ0v) is 18.8. The SMILES string of the molecule is Cc1ccc(CCCNC(=O)CN(c2ccc(C(C)(C)C)cc2)S(C)(=O)=O)cc1. The quantitative estimate of drug-likeness (QED) is 0.666. The van der Waals surface area contributed by atoms with Crippen molar-refractivity contribution < 1.29 is 13.2 Å². The molecule has 0 aromatic heterocycles. The molecule has 2 aromatic rings. The Bertz CT molecular complexity index is 912. The van der Waals surface area contributed by atoms with Gasteiger partial charge in [-0.2, -0.15) is 0 Å². The molecule has 2 rings (SSSR count). The second-order valence-corrected chi connectivity index (χ2v) is 10.4. The van der Waals surface area contributed by atoms with Gasteiger partial charge < -0.3 is 5.32 Å². The second-order valence-electron chi connectivity index (χ2n) is 8.51. The molecular formula is C23H32N2O3S. The van der Waals surface area contributed by atoms with Crippen molar-refractivity contribution in [3.63, 3.8) is 0 Å². The van der Waals surface area contributed by atoms with E-state index in [1.807, 2.05) is 19.1 Å². The Balaban J connectivity index is 1.94. The summed E-state index contributed by atoms with van der Waals surface area (Å²) in [4.78, 5) is 12.3. The average Bonchev–Trinajstić information content (AvgIpc) is 2.63. The zero-order chi connectivity index (χ0) is 21.7. The summed E-state index contributed by atoms with van der Waals surface area (Å²) >= 11 is 0. The van der Waals surface area contributed by atoms with Crippen LogP contribution in [0, 0.1) is 6.92 Å². The monoisotopic (exact) mass is 416 g/mol. The molecule has 0 saturated heterocycles. The van der Waals surface area contributed by atoms with Crippen molar-refractivity contribution in [2.45, 2.75) is 46.0 Å². The minimum atomic E-state index is -3.57. The highest BCUT2D eigenvalue weighted by Crippen LogP contribution is 2.25. The molecule has 0 unspecified atom stereocenters. The molecule has 0 aliphatic heterocycles. The number of carbonyl (C=O) groups is 1. The minimum absolute atomic E-state index is 0.0245. The Morgan fingerprint density at radius 2 is 1.59 bits per heavy atom. The van der Waals surface area contributed by atoms with E-state index in [0.29, 0.717) is 12.2 Å². The van der Waals surface area contributed by atoms with Crippen LogP contribution in [-0.2, 0) is 26.7 Å². The van der Waals surface area contributed by atoms with Gasteiger partial charge in [-0.3, -0.25) is 9.10 Å². The molecule has 158 valence electrons. The number of amides is 1. The standard InChI is InChI=1S/C23H32N2O3S/c1-18-8-10-19(11-9-18)7-6-16-24-22(26)17-25(29(5,27)28)21-14-12-20(13-15-21)23(2,3)4/h8-15H,6-7,16-17H2,1-5H3,(H,24,26). The van der Waals surface area contributed by atoms with Gasteiger partial charge >= 0.3 is 0 Å². The molecule has 29 heavy (non-hydrogen) atoms. The summed E-state index contributed by atoms with van der Waals surface area (Å²) in [6.07, 6.45) is 2.79. The Morgan fingerprint density at radius 1 is 1.00 bits per heavy atom. The van der Waals surface area contributed by atoms with Crippen molar-refractivity contribution in [2.75, 3.05) is 23.7 Å². The maximum Gasteiger partial charge on any atom is 0.240 e. The van der Waals surface area contributed by atoms with Crippen molar-refractivity contribution >= 4 is 21.6 Å². The van der Waals surface area contributed by atoms with E-state index < -0.39 is 10.0 Å². The molecule has 1 amide bonds. The van der Waals surface area contributed by atoms with E-state index in [2.05, 4.69) is 50.4 Å². The number of anilines is 1. The lowest BCUT2D eigenvalue weighted by Gasteiger charge is -2.24. The van der Waals surface area contributed by atoms with Crippen LogP contribution in [0.3, 0.4) is 0 Å². The average molecular weight is 417 g/mol. The fourth-order valence-corrected chi connectivity index (χ4v) is 3.85. The van der Waals surface area contributed by atoms with Crippen molar-refractivity contribution in [1.29, 1.82) is 0 Å². The summed E-state index contributed by atoms with van der Waals surface area (Å²) in [5.74, 6) is -0.306. The Labute approximate surface area is 175 Å². The minimum Gasteiger partial charge on any atom is -0.355 e. The third-order valence-electron chi connectivity index (χ3n) is 4.79. The summed E-state index contributed by atoms with van der Waals surface area (Å²) in [7, 11) is -3.57. The Kier molecular flexibility index (Phi) is 7.47. The second kappa shape index (κ2) is 9.44. The number of carbonyl (C=O) groups excluding carboxylic acids is 1. The fourth-order valence-electron chi connectivity index (χ4n) is 2.99. The summed E-state index contributed by atoms with van der Waals surface area (Å²) in [6, 6.07) is 15.7. The van der Waals surface area contributed by atoms with Crippen molar-refractivity contribution in [2.24, 2.45) is 0 Å². The molecule has 0 radical (unpaired) electrons. The molecular weight excluding hydrogens is 384 g/mol. The molecule has 1 N–H and O–H groups in total. The molecule has 0 spiro atoms. The van der Waals surface area contributed by atoms with Gasteiger partial charge in [0, 0.05) is 6.54 Å². The van der Waals surface area contributed by atoms with Gasteiger partial charge in [0.15, 0.2) is 0 Å². The maximum absolute atomic E-state index is 12.3. The van der Waals surface area contributed by atoms with Crippen LogP contribution in [0.4, 0.5) is 5.69 Å². The maximum atomic E-state index is 12.3. The summed E-state index contributed by atoms with van der Waals surface area (Å²) < 4.78 is 25.6. The van der Waals surface area contributed by atoms with E-state index in [0.717, 1.165) is 29.0 Å². The van der Waals surface area contributed by atoms with Crippen LogP contribution < -0.4 is 9.62 Å². The van der Waals surface area contributed by atoms with Crippen molar-refractivity contribution in [3.05, 3.63) is 65.2 Å². The van der Waals surface area contributed by atoms with E-state index in [1.54, 1.807) is 12.1 Å². The number of benzene rings is 2. The first kappa shape index (κ1) is 22.9. The molecule has 5 nitrogen and oxygen atoms in total. The van der Waals surface area contributed by atoms with E-state index in [4.69, 9.17) is 0 Å². The lowest BCUT2D eigenvalue weighted by Crippen LogP contribution is -2.40. The third-order valence-corrected chi connectivity index (χ3v) is 5.93. The molecule has 0 aliphatic rings. The predicted octanol–water partition coefficient (Wildman–Crippen LogP) is 3.81. The summed E-state index contributed by atoms with van der Waals surface area (Å²) in [5.41, 5.74) is 4.02. The van der Waals surface area contributed by atoms with Crippen LogP contribution >= 0.6 is 0 Å². The number of nitrogens with one attached hydrogen (secondary N) is 1. The number of hydrogen-bond donors (Lipinski definition) is 1. The first-order valence-electron chi connectivity index (χ1n) is 9.87. The van der Waals surface area contributed by atoms with Gasteiger partial charge in [-0.15, -0.1) is 0 Å². The summed E-state index contributed by atoms with van der Waals surface area (Å²) in [6.45, 7) is 8.63. The first-order valence-corrected chi connectivity index (χ1v) is 11.7. The molecule has 0 saturated carbocycles. The van der Waals surface area contributed by atoms with Crippen molar-refractivity contribution in [3.8, 4) is 0 Å². The topological polar surface area (TPSA) is 66.5 Å². The van der Waals surface area contributed by atoms with E-state index in [-0.39, 0.29) is 17.9 Å². The highest BCUT2D eigenvalue weighted by molar-refractivity contribution is 7.92. The smallest absolute Gasteiger partial charge is 0.240 e. The van der Waals surface area contributed by atoms with Gasteiger partial charge in [0.05, 0.1) is 11.9 Å². The van der Waals surface area contributed by atoms with Crippen molar-refractivity contribution in [1.82, 2.24) is 5.32 Å². The van der Waals surface area contributed by atoms with Gasteiger partial charge in [0.2, 0.25) is 15.9 Å². The van der Waals surface area contributed by atoms with Crippen LogP contribution in [0.25, 0.3) is 0 Å². The van der Waals surface area contributed by atoms with E-state index >= 15 is 0 Å². The number of aryl methyl sites for hydroxylation is 2. The highest BCUT2D eigenvalue weighted by atomic mass is 32.2. The van der Waals surface area contributed by atoms with Gasteiger partial charge in [-0.1, -0.05) is 62.7 Å². The summed E-state index contributed by atoms with van der Waals surface area (Å²) in [5, 5.41) is 2.83. The number of nitrogens with zero attached hydrogens (tertiary/aromatic N) is 1. The molecule has 0 aliphatic carbocycles. The lowest BCUT2D eigenvalue weighted by atomic mass is 9.87. The molecule has 0 atom stereocenters. The zero-order valence-electron chi connectivity index (χ0n) is 18.0.